The van der Waals surface area contributed by atoms with Gasteiger partial charge < -0.3 is 14.6 Å². The molecule has 2 saturated heterocycles. The third-order valence-corrected chi connectivity index (χ3v) is 4.51. The molecule has 1 atom stereocenters. The van der Waals surface area contributed by atoms with E-state index >= 15 is 0 Å². The van der Waals surface area contributed by atoms with Gasteiger partial charge in [0, 0.05) is 37.4 Å². The maximum Gasteiger partial charge on any atom is 0.410 e. The molecule has 8 nitrogen and oxygen atoms in total. The zero-order chi connectivity index (χ0) is 16.6. The molecule has 0 radical (unpaired) electrons. The van der Waals surface area contributed by atoms with Crippen molar-refractivity contribution in [3.63, 3.8) is 0 Å². The zero-order valence-electron chi connectivity index (χ0n) is 13.3. The number of nitrogens with zero attached hydrogens (tertiary/aromatic N) is 3. The van der Waals surface area contributed by atoms with E-state index in [4.69, 9.17) is 4.74 Å². The number of amides is 2. The van der Waals surface area contributed by atoms with Crippen LogP contribution in [0.4, 0.5) is 4.79 Å². The monoisotopic (exact) mass is 320 g/mol. The van der Waals surface area contributed by atoms with Crippen LogP contribution in [0.5, 0.6) is 0 Å². The largest absolute Gasteiger partial charge is 0.447 e. The summed E-state index contributed by atoms with van der Waals surface area (Å²) >= 11 is 0. The number of carbonyl (C=O) groups is 2. The van der Waals surface area contributed by atoms with Crippen LogP contribution in [-0.4, -0.2) is 64.1 Å². The SMILES string of the molecule is Cc1nc(=O)[nH]c(C)c1CCC(=O)N1CCN2C(=O)OC[C@@H]2C1. The van der Waals surface area contributed by atoms with Gasteiger partial charge in [0.05, 0.1) is 6.04 Å². The van der Waals surface area contributed by atoms with E-state index in [-0.39, 0.29) is 23.7 Å². The van der Waals surface area contributed by atoms with Crippen LogP contribution in [0.2, 0.25) is 0 Å². The van der Waals surface area contributed by atoms with Crippen molar-refractivity contribution in [1.82, 2.24) is 19.8 Å². The first-order chi connectivity index (χ1) is 11.0. The summed E-state index contributed by atoms with van der Waals surface area (Å²) in [6.07, 6.45) is 0.616. The molecule has 2 amide bonds. The van der Waals surface area contributed by atoms with Gasteiger partial charge in [0.2, 0.25) is 5.91 Å². The van der Waals surface area contributed by atoms with Crippen LogP contribution < -0.4 is 5.69 Å². The summed E-state index contributed by atoms with van der Waals surface area (Å²) in [5.41, 5.74) is 1.97. The minimum absolute atomic E-state index is 0.0292. The first-order valence-electron chi connectivity index (χ1n) is 7.73. The van der Waals surface area contributed by atoms with Gasteiger partial charge >= 0.3 is 11.8 Å². The summed E-state index contributed by atoms with van der Waals surface area (Å²) in [7, 11) is 0. The van der Waals surface area contributed by atoms with Crippen LogP contribution in [0.15, 0.2) is 4.79 Å². The van der Waals surface area contributed by atoms with Gasteiger partial charge in [-0.1, -0.05) is 0 Å². The lowest BCUT2D eigenvalue weighted by molar-refractivity contribution is -0.133. The lowest BCUT2D eigenvalue weighted by atomic mass is 10.1. The van der Waals surface area contributed by atoms with Gasteiger partial charge in [0.25, 0.3) is 0 Å². The van der Waals surface area contributed by atoms with Gasteiger partial charge in [0.15, 0.2) is 0 Å². The van der Waals surface area contributed by atoms with Crippen molar-refractivity contribution in [2.24, 2.45) is 0 Å². The number of aryl methyl sites for hydroxylation is 2. The molecule has 1 aromatic rings. The van der Waals surface area contributed by atoms with Crippen molar-refractivity contribution >= 4 is 12.0 Å². The van der Waals surface area contributed by atoms with Gasteiger partial charge in [0.1, 0.15) is 6.61 Å². The topological polar surface area (TPSA) is 95.6 Å². The lowest BCUT2D eigenvalue weighted by Crippen LogP contribution is -2.53. The fourth-order valence-corrected chi connectivity index (χ4v) is 3.23. The number of rotatable bonds is 3. The molecule has 2 aliphatic heterocycles. The van der Waals surface area contributed by atoms with E-state index in [2.05, 4.69) is 9.97 Å². The Bertz CT molecular complexity index is 673. The molecule has 3 rings (SSSR count). The molecular formula is C15H20N4O4. The van der Waals surface area contributed by atoms with Gasteiger partial charge in [-0.2, -0.15) is 4.98 Å². The predicted octanol–water partition coefficient (Wildman–Crippen LogP) is -0.0177. The quantitative estimate of drug-likeness (QED) is 0.844. The molecule has 1 aromatic heterocycles. The van der Waals surface area contributed by atoms with Gasteiger partial charge in [-0.25, -0.2) is 9.59 Å². The van der Waals surface area contributed by atoms with E-state index < -0.39 is 0 Å². The van der Waals surface area contributed by atoms with Crippen molar-refractivity contribution in [3.8, 4) is 0 Å². The zero-order valence-corrected chi connectivity index (χ0v) is 13.3. The Morgan fingerprint density at radius 3 is 2.87 bits per heavy atom. The normalized spacial score (nSPS) is 20.4. The van der Waals surface area contributed by atoms with E-state index in [0.717, 1.165) is 11.3 Å². The van der Waals surface area contributed by atoms with Crippen LogP contribution >= 0.6 is 0 Å². The molecule has 0 spiro atoms. The summed E-state index contributed by atoms with van der Waals surface area (Å²) in [5.74, 6) is 0.0500. The van der Waals surface area contributed by atoms with Crippen LogP contribution in [-0.2, 0) is 16.0 Å². The van der Waals surface area contributed by atoms with Gasteiger partial charge in [-0.3, -0.25) is 9.69 Å². The molecule has 3 heterocycles. The number of hydrogen-bond donors (Lipinski definition) is 1. The number of fused-ring (bicyclic) bond motifs is 1. The molecule has 124 valence electrons. The van der Waals surface area contributed by atoms with Crippen LogP contribution in [0.1, 0.15) is 23.4 Å². The fraction of sp³-hybridized carbons (Fsp3) is 0.600. The number of cyclic esters (lactones) is 1. The number of carbonyl (C=O) groups excluding carboxylic acids is 2. The summed E-state index contributed by atoms with van der Waals surface area (Å²) in [4.78, 5) is 45.2. The summed E-state index contributed by atoms with van der Waals surface area (Å²) in [5, 5.41) is 0. The Balaban J connectivity index is 1.60. The highest BCUT2D eigenvalue weighted by molar-refractivity contribution is 5.77. The maximum absolute atomic E-state index is 12.4. The lowest BCUT2D eigenvalue weighted by Gasteiger charge is -2.35. The molecule has 23 heavy (non-hydrogen) atoms. The standard InChI is InChI=1S/C15H20N4O4/c1-9-12(10(2)17-14(21)16-9)3-4-13(20)18-5-6-19-11(7-18)8-23-15(19)22/h11H,3-8H2,1-2H3,(H,16,17,21)/t11-/m0/s1. The summed E-state index contributed by atoms with van der Waals surface area (Å²) in [6.45, 7) is 5.52. The molecule has 0 aromatic carbocycles. The molecule has 8 heteroatoms. The Morgan fingerprint density at radius 2 is 2.13 bits per heavy atom. The number of piperazine rings is 1. The Labute approximate surface area is 133 Å². The second kappa shape index (κ2) is 6.02. The average molecular weight is 320 g/mol. The molecule has 2 aliphatic rings. The fourth-order valence-electron chi connectivity index (χ4n) is 3.23. The third kappa shape index (κ3) is 3.06. The van der Waals surface area contributed by atoms with Crippen molar-refractivity contribution in [1.29, 1.82) is 0 Å². The maximum atomic E-state index is 12.4. The van der Waals surface area contributed by atoms with Crippen molar-refractivity contribution in [3.05, 3.63) is 27.4 Å². The van der Waals surface area contributed by atoms with E-state index in [1.165, 1.54) is 0 Å². The molecule has 0 bridgehead atoms. The predicted molar refractivity (Wildman–Crippen MR) is 81.1 cm³/mol. The highest BCUT2D eigenvalue weighted by Crippen LogP contribution is 2.19. The summed E-state index contributed by atoms with van der Waals surface area (Å²) < 4.78 is 5.01. The minimum atomic E-state index is -0.364. The molecule has 0 unspecified atom stereocenters. The second-order valence-corrected chi connectivity index (χ2v) is 5.99. The van der Waals surface area contributed by atoms with E-state index in [0.29, 0.717) is 44.8 Å². The first kappa shape index (κ1) is 15.5. The molecular weight excluding hydrogens is 300 g/mol. The molecule has 0 aliphatic carbocycles. The Morgan fingerprint density at radius 1 is 1.35 bits per heavy atom. The number of aromatic amines is 1. The second-order valence-electron chi connectivity index (χ2n) is 5.99. The number of H-pyrrole nitrogens is 1. The van der Waals surface area contributed by atoms with Crippen molar-refractivity contribution in [2.45, 2.75) is 32.7 Å². The highest BCUT2D eigenvalue weighted by Gasteiger charge is 2.38. The summed E-state index contributed by atoms with van der Waals surface area (Å²) in [6, 6.07) is -0.0292. The smallest absolute Gasteiger partial charge is 0.410 e. The third-order valence-electron chi connectivity index (χ3n) is 4.51. The van der Waals surface area contributed by atoms with Crippen LogP contribution in [0.3, 0.4) is 0 Å². The molecule has 1 N–H and O–H groups in total. The Kier molecular flexibility index (Phi) is 4.06. The van der Waals surface area contributed by atoms with E-state index in [9.17, 15) is 14.4 Å². The number of ether oxygens (including phenoxy) is 1. The Hall–Kier alpha value is -2.38. The van der Waals surface area contributed by atoms with Crippen LogP contribution in [0.25, 0.3) is 0 Å². The van der Waals surface area contributed by atoms with Gasteiger partial charge in [-0.15, -0.1) is 0 Å². The number of hydrogen-bond acceptors (Lipinski definition) is 5. The average Bonchev–Trinajstić information content (AvgIpc) is 2.87. The molecule has 2 fully saturated rings. The van der Waals surface area contributed by atoms with Crippen LogP contribution in [0, 0.1) is 13.8 Å². The minimum Gasteiger partial charge on any atom is -0.447 e. The first-order valence-corrected chi connectivity index (χ1v) is 7.73. The van der Waals surface area contributed by atoms with E-state index in [1.807, 2.05) is 6.92 Å². The van der Waals surface area contributed by atoms with E-state index in [1.54, 1.807) is 16.7 Å². The van der Waals surface area contributed by atoms with Crippen molar-refractivity contribution < 1.29 is 14.3 Å². The number of aromatic nitrogens is 2. The van der Waals surface area contributed by atoms with Crippen molar-refractivity contribution in [2.75, 3.05) is 26.2 Å². The highest BCUT2D eigenvalue weighted by atomic mass is 16.6. The molecule has 0 saturated carbocycles. The van der Waals surface area contributed by atoms with Gasteiger partial charge in [-0.05, 0) is 25.8 Å². The number of nitrogens with one attached hydrogen (secondary N) is 1.